The van der Waals surface area contributed by atoms with Crippen LogP contribution < -0.4 is 16.0 Å². The van der Waals surface area contributed by atoms with Crippen LogP contribution in [0.25, 0.3) is 0 Å². The van der Waals surface area contributed by atoms with Crippen molar-refractivity contribution in [3.63, 3.8) is 0 Å². The summed E-state index contributed by atoms with van der Waals surface area (Å²) >= 11 is 0. The second-order valence-electron chi connectivity index (χ2n) is 6.45. The Balaban J connectivity index is 1.89. The van der Waals surface area contributed by atoms with E-state index in [9.17, 15) is 9.18 Å². The van der Waals surface area contributed by atoms with Crippen LogP contribution in [0.5, 0.6) is 0 Å². The smallest absolute Gasteiger partial charge is 0.229 e. The first kappa shape index (κ1) is 19.3. The standard InChI is InChI=1S/C21H22FN5O/c1-4-19(28)17-11-15(8-5-13(17)2)25-21-24-12-18(22)20(26-21)27(3)16-9-6-14(23)7-10-16/h5-12H,4,23H2,1-3H3,(H,24,25,26). The molecule has 2 aromatic carbocycles. The summed E-state index contributed by atoms with van der Waals surface area (Å²) < 4.78 is 14.3. The molecule has 3 N–H and O–H groups in total. The summed E-state index contributed by atoms with van der Waals surface area (Å²) in [4.78, 5) is 22.0. The first-order valence-corrected chi connectivity index (χ1v) is 8.91. The van der Waals surface area contributed by atoms with Gasteiger partial charge in [-0.25, -0.2) is 9.37 Å². The highest BCUT2D eigenvalue weighted by atomic mass is 19.1. The molecule has 0 saturated heterocycles. The summed E-state index contributed by atoms with van der Waals surface area (Å²) in [7, 11) is 1.71. The fraction of sp³-hybridized carbons (Fsp3) is 0.190. The molecule has 0 spiro atoms. The van der Waals surface area contributed by atoms with E-state index in [1.807, 2.05) is 26.0 Å². The number of halogens is 1. The number of hydrogen-bond donors (Lipinski definition) is 2. The number of aromatic nitrogens is 2. The van der Waals surface area contributed by atoms with Crippen LogP contribution in [0, 0.1) is 12.7 Å². The highest BCUT2D eigenvalue weighted by Gasteiger charge is 2.14. The number of nitrogen functional groups attached to an aromatic ring is 1. The molecule has 3 aromatic rings. The van der Waals surface area contributed by atoms with E-state index in [1.165, 1.54) is 0 Å². The lowest BCUT2D eigenvalue weighted by atomic mass is 10.0. The molecule has 0 bridgehead atoms. The van der Waals surface area contributed by atoms with Crippen molar-refractivity contribution < 1.29 is 9.18 Å². The van der Waals surface area contributed by atoms with Gasteiger partial charge in [0.2, 0.25) is 5.95 Å². The molecule has 0 saturated carbocycles. The van der Waals surface area contributed by atoms with Crippen molar-refractivity contribution in [2.75, 3.05) is 23.0 Å². The van der Waals surface area contributed by atoms with Gasteiger partial charge in [-0.3, -0.25) is 4.79 Å². The molecule has 0 unspecified atom stereocenters. The monoisotopic (exact) mass is 379 g/mol. The average Bonchev–Trinajstić information content (AvgIpc) is 2.70. The Morgan fingerprint density at radius 2 is 1.93 bits per heavy atom. The predicted molar refractivity (Wildman–Crippen MR) is 110 cm³/mol. The number of rotatable bonds is 6. The SMILES string of the molecule is CCC(=O)c1cc(Nc2ncc(F)c(N(C)c3ccc(N)cc3)n2)ccc1C. The van der Waals surface area contributed by atoms with Crippen LogP contribution in [-0.4, -0.2) is 22.8 Å². The van der Waals surface area contributed by atoms with Gasteiger partial charge in [0.05, 0.1) is 6.20 Å². The Morgan fingerprint density at radius 3 is 2.61 bits per heavy atom. The van der Waals surface area contributed by atoms with Crippen LogP contribution in [0.4, 0.5) is 33.2 Å². The van der Waals surface area contributed by atoms with Gasteiger partial charge in [0.25, 0.3) is 0 Å². The molecule has 3 rings (SSSR count). The summed E-state index contributed by atoms with van der Waals surface area (Å²) in [6.45, 7) is 3.71. The maximum atomic E-state index is 14.3. The minimum Gasteiger partial charge on any atom is -0.399 e. The van der Waals surface area contributed by atoms with E-state index in [4.69, 9.17) is 5.73 Å². The summed E-state index contributed by atoms with van der Waals surface area (Å²) in [6.07, 6.45) is 1.54. The van der Waals surface area contributed by atoms with Crippen molar-refractivity contribution in [1.29, 1.82) is 0 Å². The van der Waals surface area contributed by atoms with Crippen LogP contribution in [0.1, 0.15) is 29.3 Å². The third-order valence-corrected chi connectivity index (χ3v) is 4.44. The maximum Gasteiger partial charge on any atom is 0.229 e. The molecule has 1 aromatic heterocycles. The van der Waals surface area contributed by atoms with Crippen molar-refractivity contribution >= 4 is 34.6 Å². The van der Waals surface area contributed by atoms with Crippen LogP contribution in [-0.2, 0) is 0 Å². The van der Waals surface area contributed by atoms with Crippen molar-refractivity contribution in [3.05, 3.63) is 65.6 Å². The number of aryl methyl sites for hydroxylation is 1. The number of carbonyl (C=O) groups is 1. The number of Topliss-reactive ketones (excluding diaryl/α,β-unsaturated/α-hetero) is 1. The second kappa shape index (κ2) is 8.04. The first-order chi connectivity index (χ1) is 13.4. The van der Waals surface area contributed by atoms with Gasteiger partial charge in [0.15, 0.2) is 17.4 Å². The topological polar surface area (TPSA) is 84.1 Å². The Kier molecular flexibility index (Phi) is 5.54. The molecule has 0 amide bonds. The molecule has 1 heterocycles. The van der Waals surface area contributed by atoms with Crippen LogP contribution >= 0.6 is 0 Å². The fourth-order valence-corrected chi connectivity index (χ4v) is 2.79. The van der Waals surface area contributed by atoms with Gasteiger partial charge in [0.1, 0.15) is 0 Å². The van der Waals surface area contributed by atoms with E-state index >= 15 is 0 Å². The van der Waals surface area contributed by atoms with E-state index in [1.54, 1.807) is 42.3 Å². The summed E-state index contributed by atoms with van der Waals surface area (Å²) in [5.41, 5.74) is 9.28. The Bertz CT molecular complexity index is 1000. The quantitative estimate of drug-likeness (QED) is 0.481. The zero-order valence-electron chi connectivity index (χ0n) is 16.0. The predicted octanol–water partition coefficient (Wildman–Crippen LogP) is 4.61. The average molecular weight is 379 g/mol. The largest absolute Gasteiger partial charge is 0.399 e. The lowest BCUT2D eigenvalue weighted by molar-refractivity contribution is 0.0987. The maximum absolute atomic E-state index is 14.3. The third kappa shape index (κ3) is 4.09. The van der Waals surface area contributed by atoms with Crippen LogP contribution in [0.3, 0.4) is 0 Å². The summed E-state index contributed by atoms with van der Waals surface area (Å²) in [6, 6.07) is 12.5. The van der Waals surface area contributed by atoms with Gasteiger partial charge >= 0.3 is 0 Å². The molecule has 28 heavy (non-hydrogen) atoms. The minimum atomic E-state index is -0.546. The lowest BCUT2D eigenvalue weighted by Gasteiger charge is -2.19. The van der Waals surface area contributed by atoms with Gasteiger partial charge in [-0.2, -0.15) is 4.98 Å². The summed E-state index contributed by atoms with van der Waals surface area (Å²) in [5.74, 6) is -0.128. The molecule has 0 aliphatic heterocycles. The van der Waals surface area contributed by atoms with Crippen LogP contribution in [0.15, 0.2) is 48.7 Å². The second-order valence-corrected chi connectivity index (χ2v) is 6.45. The molecular formula is C21H22FN5O. The molecular weight excluding hydrogens is 357 g/mol. The van der Waals surface area contributed by atoms with E-state index in [0.29, 0.717) is 23.4 Å². The highest BCUT2D eigenvalue weighted by Crippen LogP contribution is 2.27. The van der Waals surface area contributed by atoms with Crippen molar-refractivity contribution in [2.45, 2.75) is 20.3 Å². The number of carbonyl (C=O) groups excluding carboxylic acids is 1. The van der Waals surface area contributed by atoms with Crippen molar-refractivity contribution in [1.82, 2.24) is 9.97 Å². The minimum absolute atomic E-state index is 0.0601. The van der Waals surface area contributed by atoms with Gasteiger partial charge in [-0.15, -0.1) is 0 Å². The molecule has 6 nitrogen and oxygen atoms in total. The Morgan fingerprint density at radius 1 is 1.21 bits per heavy atom. The number of ketones is 1. The number of nitrogens with two attached hydrogens (primary N) is 1. The fourth-order valence-electron chi connectivity index (χ4n) is 2.79. The Labute approximate surface area is 163 Å². The van der Waals surface area contributed by atoms with E-state index in [0.717, 1.165) is 17.4 Å². The lowest BCUT2D eigenvalue weighted by Crippen LogP contribution is -2.14. The van der Waals surface area contributed by atoms with Gasteiger partial charge in [0, 0.05) is 36.1 Å². The Hall–Kier alpha value is -3.48. The normalized spacial score (nSPS) is 10.6. The molecule has 144 valence electrons. The highest BCUT2D eigenvalue weighted by molar-refractivity contribution is 5.98. The molecule has 0 aliphatic rings. The molecule has 0 atom stereocenters. The van der Waals surface area contributed by atoms with E-state index < -0.39 is 5.82 Å². The molecule has 0 aliphatic carbocycles. The number of benzene rings is 2. The molecule has 0 fully saturated rings. The number of nitrogens with one attached hydrogen (secondary N) is 1. The van der Waals surface area contributed by atoms with Crippen molar-refractivity contribution in [2.24, 2.45) is 0 Å². The van der Waals surface area contributed by atoms with Gasteiger partial charge in [-0.05, 0) is 48.9 Å². The summed E-state index contributed by atoms with van der Waals surface area (Å²) in [5, 5.41) is 3.05. The van der Waals surface area contributed by atoms with E-state index in [2.05, 4.69) is 15.3 Å². The molecule has 0 radical (unpaired) electrons. The van der Waals surface area contributed by atoms with Crippen LogP contribution in [0.2, 0.25) is 0 Å². The zero-order chi connectivity index (χ0) is 20.3. The third-order valence-electron chi connectivity index (χ3n) is 4.44. The van der Waals surface area contributed by atoms with Crippen molar-refractivity contribution in [3.8, 4) is 0 Å². The first-order valence-electron chi connectivity index (χ1n) is 8.91. The molecule has 7 heteroatoms. The number of nitrogens with zero attached hydrogens (tertiary/aromatic N) is 3. The number of hydrogen-bond acceptors (Lipinski definition) is 6. The number of anilines is 5. The zero-order valence-corrected chi connectivity index (χ0v) is 16.0. The van der Waals surface area contributed by atoms with Gasteiger partial charge < -0.3 is 16.0 Å². The van der Waals surface area contributed by atoms with E-state index in [-0.39, 0.29) is 17.5 Å². The van der Waals surface area contributed by atoms with Gasteiger partial charge in [-0.1, -0.05) is 13.0 Å².